The normalized spacial score (nSPS) is 36.6. The van der Waals surface area contributed by atoms with Gasteiger partial charge in [-0.15, -0.1) is 0 Å². The maximum Gasteiger partial charge on any atom is 0.0233 e. The van der Waals surface area contributed by atoms with E-state index in [2.05, 4.69) is 48.2 Å². The van der Waals surface area contributed by atoms with Crippen LogP contribution in [-0.4, -0.2) is 43.5 Å². The van der Waals surface area contributed by atoms with Gasteiger partial charge in [0.1, 0.15) is 0 Å². The van der Waals surface area contributed by atoms with E-state index in [0.717, 1.165) is 30.2 Å². The summed E-state index contributed by atoms with van der Waals surface area (Å²) in [7, 11) is 4.62. The van der Waals surface area contributed by atoms with E-state index >= 15 is 0 Å². The first kappa shape index (κ1) is 14.7. The molecule has 0 spiro atoms. The molecule has 2 fully saturated rings. The average molecular weight is 298 g/mol. The van der Waals surface area contributed by atoms with Crippen LogP contribution in [0.4, 0.5) is 0 Å². The van der Waals surface area contributed by atoms with Crippen molar-refractivity contribution in [3.05, 3.63) is 35.4 Å². The van der Waals surface area contributed by atoms with Crippen molar-refractivity contribution < 1.29 is 0 Å². The van der Waals surface area contributed by atoms with Gasteiger partial charge in [0, 0.05) is 25.6 Å². The van der Waals surface area contributed by atoms with Crippen molar-refractivity contribution in [2.75, 3.05) is 33.7 Å². The summed E-state index contributed by atoms with van der Waals surface area (Å²) in [5.74, 6) is 3.58. The minimum atomic E-state index is 0.759. The molecule has 4 atom stereocenters. The number of hydrogen-bond donors (Lipinski definition) is 0. The van der Waals surface area contributed by atoms with Crippen LogP contribution in [0.1, 0.15) is 42.7 Å². The molecular formula is C20H30N2. The lowest BCUT2D eigenvalue weighted by Gasteiger charge is -2.49. The molecule has 4 unspecified atom stereocenters. The number of rotatable bonds is 1. The van der Waals surface area contributed by atoms with E-state index in [4.69, 9.17) is 0 Å². The fourth-order valence-corrected chi connectivity index (χ4v) is 5.57. The number of piperidine rings is 1. The van der Waals surface area contributed by atoms with E-state index in [9.17, 15) is 0 Å². The zero-order valence-electron chi connectivity index (χ0n) is 14.2. The Balaban J connectivity index is 1.65. The highest BCUT2D eigenvalue weighted by atomic mass is 15.1. The molecule has 2 heterocycles. The number of nitrogens with zero attached hydrogens (tertiary/aromatic N) is 2. The largest absolute Gasteiger partial charge is 0.306 e. The second-order valence-corrected chi connectivity index (χ2v) is 8.07. The van der Waals surface area contributed by atoms with Gasteiger partial charge in [-0.05, 0) is 62.4 Å². The van der Waals surface area contributed by atoms with Gasteiger partial charge in [-0.2, -0.15) is 0 Å². The Hall–Kier alpha value is -0.860. The fourth-order valence-electron chi connectivity index (χ4n) is 5.57. The summed E-state index contributed by atoms with van der Waals surface area (Å²) in [5, 5.41) is 0. The lowest BCUT2D eigenvalue weighted by molar-refractivity contribution is 0.0362. The van der Waals surface area contributed by atoms with Gasteiger partial charge < -0.3 is 9.80 Å². The van der Waals surface area contributed by atoms with Gasteiger partial charge in [0.05, 0.1) is 0 Å². The lowest BCUT2D eigenvalue weighted by atomic mass is 9.62. The van der Waals surface area contributed by atoms with Crippen molar-refractivity contribution in [1.82, 2.24) is 9.80 Å². The molecular weight excluding hydrogens is 268 g/mol. The molecule has 1 aromatic rings. The quantitative estimate of drug-likeness (QED) is 0.782. The first-order chi connectivity index (χ1) is 10.7. The summed E-state index contributed by atoms with van der Waals surface area (Å²) in [4.78, 5) is 5.13. The maximum atomic E-state index is 2.58. The molecule has 22 heavy (non-hydrogen) atoms. The summed E-state index contributed by atoms with van der Waals surface area (Å²) in [6, 6.07) is 9.24. The van der Waals surface area contributed by atoms with Crippen LogP contribution in [0, 0.1) is 17.8 Å². The first-order valence-corrected chi connectivity index (χ1v) is 9.17. The molecule has 0 aromatic heterocycles. The maximum absolute atomic E-state index is 2.58. The molecule has 0 amide bonds. The van der Waals surface area contributed by atoms with Crippen LogP contribution >= 0.6 is 0 Å². The van der Waals surface area contributed by atoms with Gasteiger partial charge in [-0.3, -0.25) is 0 Å². The van der Waals surface area contributed by atoms with Crippen LogP contribution in [0.2, 0.25) is 0 Å². The molecule has 1 saturated heterocycles. The monoisotopic (exact) mass is 298 g/mol. The molecule has 2 heteroatoms. The fraction of sp³-hybridized carbons (Fsp3) is 0.700. The van der Waals surface area contributed by atoms with Gasteiger partial charge >= 0.3 is 0 Å². The van der Waals surface area contributed by atoms with Crippen molar-refractivity contribution in [2.45, 2.75) is 38.1 Å². The molecule has 0 N–H and O–H groups in total. The smallest absolute Gasteiger partial charge is 0.0233 e. The van der Waals surface area contributed by atoms with Gasteiger partial charge in [-0.25, -0.2) is 0 Å². The van der Waals surface area contributed by atoms with Gasteiger partial charge in [0.25, 0.3) is 0 Å². The Morgan fingerprint density at radius 3 is 2.68 bits per heavy atom. The van der Waals surface area contributed by atoms with E-state index in [-0.39, 0.29) is 0 Å². The van der Waals surface area contributed by atoms with E-state index in [1.807, 2.05) is 0 Å². The third-order valence-electron chi connectivity index (χ3n) is 6.59. The van der Waals surface area contributed by atoms with E-state index in [1.165, 1.54) is 45.3 Å². The predicted molar refractivity (Wildman–Crippen MR) is 92.0 cm³/mol. The zero-order valence-corrected chi connectivity index (χ0v) is 14.2. The Kier molecular flexibility index (Phi) is 4.00. The highest BCUT2D eigenvalue weighted by Gasteiger charge is 2.42. The van der Waals surface area contributed by atoms with Crippen molar-refractivity contribution in [1.29, 1.82) is 0 Å². The number of fused-ring (bicyclic) bond motifs is 2. The van der Waals surface area contributed by atoms with Crippen molar-refractivity contribution >= 4 is 0 Å². The zero-order chi connectivity index (χ0) is 15.1. The molecule has 1 saturated carbocycles. The van der Waals surface area contributed by atoms with Gasteiger partial charge in [0.2, 0.25) is 0 Å². The van der Waals surface area contributed by atoms with E-state index in [1.54, 1.807) is 11.1 Å². The van der Waals surface area contributed by atoms with Gasteiger partial charge in [-0.1, -0.05) is 37.1 Å². The highest BCUT2D eigenvalue weighted by Crippen LogP contribution is 2.47. The number of hydrogen-bond acceptors (Lipinski definition) is 2. The van der Waals surface area contributed by atoms with E-state index < -0.39 is 0 Å². The van der Waals surface area contributed by atoms with Crippen LogP contribution < -0.4 is 0 Å². The summed E-state index contributed by atoms with van der Waals surface area (Å²) < 4.78 is 0. The van der Waals surface area contributed by atoms with Gasteiger partial charge in [0.15, 0.2) is 0 Å². The second-order valence-electron chi connectivity index (χ2n) is 8.07. The molecule has 1 aromatic carbocycles. The third kappa shape index (κ3) is 2.61. The Bertz CT molecular complexity index is 526. The Morgan fingerprint density at radius 1 is 0.909 bits per heavy atom. The number of benzene rings is 1. The minimum Gasteiger partial charge on any atom is -0.306 e. The highest BCUT2D eigenvalue weighted by molar-refractivity contribution is 5.33. The standard InChI is InChI=1S/C20H30N2/c1-21-11-10-15-7-5-9-18(19(15)13-21)20-14-22(2)12-16-6-3-4-8-17(16)20/h3-4,6,8,15,18-20H,5,7,9-14H2,1-2H3. The Morgan fingerprint density at radius 2 is 1.77 bits per heavy atom. The molecule has 2 nitrogen and oxygen atoms in total. The summed E-state index contributed by atoms with van der Waals surface area (Å²) >= 11 is 0. The van der Waals surface area contributed by atoms with Crippen molar-refractivity contribution in [3.8, 4) is 0 Å². The molecule has 4 rings (SSSR count). The molecule has 120 valence electrons. The molecule has 1 aliphatic carbocycles. The molecule has 0 radical (unpaired) electrons. The van der Waals surface area contributed by atoms with Crippen molar-refractivity contribution in [2.24, 2.45) is 17.8 Å². The van der Waals surface area contributed by atoms with Crippen LogP contribution in [0.3, 0.4) is 0 Å². The van der Waals surface area contributed by atoms with Crippen molar-refractivity contribution in [3.63, 3.8) is 0 Å². The molecule has 3 aliphatic rings. The molecule has 2 aliphatic heterocycles. The number of likely N-dealkylation sites (N-methyl/N-ethyl adjacent to an activating group) is 1. The predicted octanol–water partition coefficient (Wildman–Crippen LogP) is 3.58. The van der Waals surface area contributed by atoms with Crippen LogP contribution in [0.5, 0.6) is 0 Å². The SMILES string of the molecule is CN1Cc2ccccc2C(C2CCCC3CCN(C)CC32)C1. The number of likely N-dealkylation sites (tertiary alicyclic amines) is 1. The molecule has 0 bridgehead atoms. The van der Waals surface area contributed by atoms with Crippen LogP contribution in [0.25, 0.3) is 0 Å². The minimum absolute atomic E-state index is 0.759. The second kappa shape index (κ2) is 5.98. The summed E-state index contributed by atoms with van der Waals surface area (Å²) in [5.41, 5.74) is 3.24. The van der Waals surface area contributed by atoms with Crippen LogP contribution in [0.15, 0.2) is 24.3 Å². The van der Waals surface area contributed by atoms with Crippen LogP contribution in [-0.2, 0) is 6.54 Å². The summed E-state index contributed by atoms with van der Waals surface area (Å²) in [6.45, 7) is 5.04. The average Bonchev–Trinajstić information content (AvgIpc) is 2.53. The topological polar surface area (TPSA) is 6.48 Å². The summed E-state index contributed by atoms with van der Waals surface area (Å²) in [6.07, 6.45) is 5.82. The Labute approximate surface area is 135 Å². The first-order valence-electron chi connectivity index (χ1n) is 9.17. The third-order valence-corrected chi connectivity index (χ3v) is 6.59. The van der Waals surface area contributed by atoms with E-state index in [0.29, 0.717) is 0 Å². The lowest BCUT2D eigenvalue weighted by Crippen LogP contribution is -2.47.